The first-order valence-electron chi connectivity index (χ1n) is 7.03. The normalized spacial score (nSPS) is 29.4. The van der Waals surface area contributed by atoms with E-state index >= 15 is 0 Å². The Morgan fingerprint density at radius 3 is 2.53 bits per heavy atom. The van der Waals surface area contributed by atoms with Gasteiger partial charge in [0.1, 0.15) is 0 Å². The number of hydrogen-bond donors (Lipinski definition) is 1. The van der Waals surface area contributed by atoms with Crippen LogP contribution >= 0.6 is 11.8 Å². The molecule has 0 radical (unpaired) electrons. The fourth-order valence-electron chi connectivity index (χ4n) is 2.33. The highest BCUT2D eigenvalue weighted by Crippen LogP contribution is 2.26. The van der Waals surface area contributed by atoms with E-state index in [1.165, 1.54) is 36.6 Å². The average Bonchev–Trinajstić information content (AvgIpc) is 2.30. The fraction of sp³-hybridized carbons (Fsp3) is 0.929. The van der Waals surface area contributed by atoms with E-state index in [4.69, 9.17) is 4.99 Å². The smallest absolute Gasteiger partial charge is 0.157 e. The number of amidine groups is 1. The molecule has 0 amide bonds. The van der Waals surface area contributed by atoms with Crippen LogP contribution in [0.15, 0.2) is 4.99 Å². The summed E-state index contributed by atoms with van der Waals surface area (Å²) in [6, 6.07) is 0.444. The average molecular weight is 256 g/mol. The van der Waals surface area contributed by atoms with E-state index in [1.54, 1.807) is 0 Å². The minimum atomic E-state index is 0.262. The Balaban J connectivity index is 2.65. The molecule has 1 fully saturated rings. The maximum Gasteiger partial charge on any atom is 0.157 e. The topological polar surface area (TPSA) is 24.4 Å². The van der Waals surface area contributed by atoms with Gasteiger partial charge in [0.15, 0.2) is 5.17 Å². The van der Waals surface area contributed by atoms with E-state index in [-0.39, 0.29) is 5.54 Å². The molecule has 17 heavy (non-hydrogen) atoms. The zero-order chi connectivity index (χ0) is 12.9. The third-order valence-electron chi connectivity index (χ3n) is 4.13. The van der Waals surface area contributed by atoms with Crippen molar-refractivity contribution in [2.45, 2.75) is 71.9 Å². The van der Waals surface area contributed by atoms with Crippen molar-refractivity contribution in [2.24, 2.45) is 10.9 Å². The summed E-state index contributed by atoms with van der Waals surface area (Å²) >= 11 is 1.89. The lowest BCUT2D eigenvalue weighted by molar-refractivity contribution is 0.383. The van der Waals surface area contributed by atoms with Crippen molar-refractivity contribution >= 4 is 16.9 Å². The van der Waals surface area contributed by atoms with Crippen LogP contribution in [0.2, 0.25) is 0 Å². The van der Waals surface area contributed by atoms with Gasteiger partial charge in [0.2, 0.25) is 0 Å². The van der Waals surface area contributed by atoms with Crippen molar-refractivity contribution in [2.75, 3.05) is 5.75 Å². The molecule has 1 N–H and O–H groups in total. The van der Waals surface area contributed by atoms with Crippen LogP contribution < -0.4 is 5.32 Å². The molecule has 0 bridgehead atoms. The van der Waals surface area contributed by atoms with Gasteiger partial charge < -0.3 is 5.32 Å². The van der Waals surface area contributed by atoms with E-state index in [2.05, 4.69) is 39.9 Å². The minimum Gasteiger partial charge on any atom is -0.360 e. The largest absolute Gasteiger partial charge is 0.360 e. The van der Waals surface area contributed by atoms with Crippen LogP contribution in [0, 0.1) is 5.92 Å². The Morgan fingerprint density at radius 1 is 1.35 bits per heavy atom. The molecule has 3 heteroatoms. The highest BCUT2D eigenvalue weighted by Gasteiger charge is 2.28. The van der Waals surface area contributed by atoms with Crippen molar-refractivity contribution in [1.82, 2.24) is 5.32 Å². The quantitative estimate of drug-likeness (QED) is 0.802. The molecule has 2 unspecified atom stereocenters. The fourth-order valence-corrected chi connectivity index (χ4v) is 3.63. The van der Waals surface area contributed by atoms with Gasteiger partial charge in [-0.3, -0.25) is 4.99 Å². The molecular formula is C14H28N2S. The second kappa shape index (κ2) is 6.67. The number of thioether (sulfide) groups is 1. The molecule has 1 saturated heterocycles. The standard InChI is InChI=1S/C14H28N2S/c1-6-12(7-2)11(4)15-13-16-14(5,8-3)9-10-17-13/h11-12H,6-10H2,1-5H3,(H,15,16). The molecule has 1 heterocycles. The number of nitrogens with zero attached hydrogens (tertiary/aromatic N) is 1. The van der Waals surface area contributed by atoms with Gasteiger partial charge in [0.25, 0.3) is 0 Å². The molecule has 1 rings (SSSR count). The van der Waals surface area contributed by atoms with E-state index < -0.39 is 0 Å². The van der Waals surface area contributed by atoms with Crippen molar-refractivity contribution in [3.05, 3.63) is 0 Å². The third kappa shape index (κ3) is 4.20. The van der Waals surface area contributed by atoms with Crippen molar-refractivity contribution in [1.29, 1.82) is 0 Å². The first kappa shape index (κ1) is 14.9. The Morgan fingerprint density at radius 2 is 2.00 bits per heavy atom. The van der Waals surface area contributed by atoms with Crippen molar-refractivity contribution in [3.8, 4) is 0 Å². The van der Waals surface area contributed by atoms with E-state index in [9.17, 15) is 0 Å². The first-order valence-corrected chi connectivity index (χ1v) is 8.02. The Bertz CT molecular complexity index is 261. The minimum absolute atomic E-state index is 0.262. The SMILES string of the molecule is CCC(CC)C(C)N=C1NC(C)(CC)CCS1. The summed E-state index contributed by atoms with van der Waals surface area (Å²) in [6.45, 7) is 11.4. The molecule has 0 spiro atoms. The highest BCUT2D eigenvalue weighted by molar-refractivity contribution is 8.13. The van der Waals surface area contributed by atoms with Crippen LogP contribution in [-0.4, -0.2) is 22.5 Å². The molecule has 2 atom stereocenters. The van der Waals surface area contributed by atoms with Crippen LogP contribution in [0.5, 0.6) is 0 Å². The molecule has 0 aliphatic carbocycles. The van der Waals surface area contributed by atoms with Crippen LogP contribution in [0.25, 0.3) is 0 Å². The van der Waals surface area contributed by atoms with E-state index in [0.29, 0.717) is 6.04 Å². The number of nitrogens with one attached hydrogen (secondary N) is 1. The summed E-state index contributed by atoms with van der Waals surface area (Å²) in [5.74, 6) is 1.92. The summed E-state index contributed by atoms with van der Waals surface area (Å²) in [4.78, 5) is 4.89. The second-order valence-electron chi connectivity index (χ2n) is 5.39. The summed E-state index contributed by atoms with van der Waals surface area (Å²) < 4.78 is 0. The zero-order valence-corrected chi connectivity index (χ0v) is 12.9. The van der Waals surface area contributed by atoms with Gasteiger partial charge >= 0.3 is 0 Å². The molecule has 0 aromatic carbocycles. The zero-order valence-electron chi connectivity index (χ0n) is 12.0. The molecule has 0 saturated carbocycles. The lowest BCUT2D eigenvalue weighted by Crippen LogP contribution is -2.48. The number of hydrogen-bond acceptors (Lipinski definition) is 2. The van der Waals surface area contributed by atoms with Gasteiger partial charge in [-0.05, 0) is 32.6 Å². The van der Waals surface area contributed by atoms with Gasteiger partial charge in [0, 0.05) is 11.3 Å². The van der Waals surface area contributed by atoms with Crippen LogP contribution in [-0.2, 0) is 0 Å². The number of aliphatic imine (C=N–C) groups is 1. The summed E-state index contributed by atoms with van der Waals surface area (Å²) in [5, 5.41) is 4.79. The lowest BCUT2D eigenvalue weighted by atomic mass is 9.95. The molecule has 0 aromatic rings. The van der Waals surface area contributed by atoms with Gasteiger partial charge in [-0.1, -0.05) is 45.4 Å². The molecule has 1 aliphatic rings. The first-order chi connectivity index (χ1) is 8.04. The highest BCUT2D eigenvalue weighted by atomic mass is 32.2. The Labute approximate surface area is 111 Å². The molecule has 2 nitrogen and oxygen atoms in total. The van der Waals surface area contributed by atoms with E-state index in [1.807, 2.05) is 11.8 Å². The van der Waals surface area contributed by atoms with E-state index in [0.717, 1.165) is 5.92 Å². The Kier molecular flexibility index (Phi) is 5.84. The molecule has 1 aliphatic heterocycles. The van der Waals surface area contributed by atoms with Crippen LogP contribution in [0.4, 0.5) is 0 Å². The Hall–Kier alpha value is -0.180. The van der Waals surface area contributed by atoms with Gasteiger partial charge in [-0.2, -0.15) is 0 Å². The molecule has 100 valence electrons. The number of rotatable bonds is 5. The van der Waals surface area contributed by atoms with Gasteiger partial charge in [0.05, 0.1) is 6.04 Å². The monoisotopic (exact) mass is 256 g/mol. The van der Waals surface area contributed by atoms with Crippen LogP contribution in [0.1, 0.15) is 60.3 Å². The second-order valence-corrected chi connectivity index (χ2v) is 6.47. The van der Waals surface area contributed by atoms with Gasteiger partial charge in [-0.15, -0.1) is 0 Å². The maximum atomic E-state index is 4.89. The van der Waals surface area contributed by atoms with Crippen molar-refractivity contribution in [3.63, 3.8) is 0 Å². The molecular weight excluding hydrogens is 228 g/mol. The summed E-state index contributed by atoms with van der Waals surface area (Å²) in [5.41, 5.74) is 0.262. The summed E-state index contributed by atoms with van der Waals surface area (Å²) in [6.07, 6.45) is 4.87. The molecule has 0 aromatic heterocycles. The third-order valence-corrected chi connectivity index (χ3v) is 5.02. The summed E-state index contributed by atoms with van der Waals surface area (Å²) in [7, 11) is 0. The predicted molar refractivity (Wildman–Crippen MR) is 79.9 cm³/mol. The lowest BCUT2D eigenvalue weighted by Gasteiger charge is -2.35. The van der Waals surface area contributed by atoms with Crippen LogP contribution in [0.3, 0.4) is 0 Å². The maximum absolute atomic E-state index is 4.89. The van der Waals surface area contributed by atoms with Crippen molar-refractivity contribution < 1.29 is 0 Å². The predicted octanol–water partition coefficient (Wildman–Crippen LogP) is 4.06. The van der Waals surface area contributed by atoms with Gasteiger partial charge in [-0.25, -0.2) is 0 Å².